The van der Waals surface area contributed by atoms with Crippen LogP contribution in [0.4, 0.5) is 0 Å². The zero-order chi connectivity index (χ0) is 9.42. The van der Waals surface area contributed by atoms with Gasteiger partial charge in [-0.25, -0.2) is 9.97 Å². The van der Waals surface area contributed by atoms with Crippen LogP contribution >= 0.6 is 23.1 Å². The summed E-state index contributed by atoms with van der Waals surface area (Å²) in [7, 11) is 0. The van der Waals surface area contributed by atoms with Gasteiger partial charge in [0, 0.05) is 4.88 Å². The molecule has 4 heteroatoms. The van der Waals surface area contributed by atoms with Gasteiger partial charge in [0.15, 0.2) is 0 Å². The number of thiophene rings is 1. The Morgan fingerprint density at radius 3 is 2.77 bits per heavy atom. The van der Waals surface area contributed by atoms with Crippen LogP contribution in [-0.2, 0) is 0 Å². The van der Waals surface area contributed by atoms with Crippen molar-refractivity contribution in [2.75, 3.05) is 6.26 Å². The van der Waals surface area contributed by atoms with E-state index in [9.17, 15) is 0 Å². The summed E-state index contributed by atoms with van der Waals surface area (Å²) in [5.74, 6) is 0.856. The summed E-state index contributed by atoms with van der Waals surface area (Å²) < 4.78 is 1.22. The first kappa shape index (κ1) is 8.97. The number of hydrogen-bond acceptors (Lipinski definition) is 4. The molecule has 2 heterocycles. The molecule has 68 valence electrons. The molecule has 0 aromatic carbocycles. The zero-order valence-corrected chi connectivity index (χ0v) is 9.42. The Morgan fingerprint density at radius 2 is 2.08 bits per heavy atom. The standard InChI is InChI=1S/C9H10N2S2/c1-5-4-7-8(13-5)9(12-3)11-6(2)10-7/h4H,1-3H3. The van der Waals surface area contributed by atoms with Gasteiger partial charge in [-0.3, -0.25) is 0 Å². The predicted octanol–water partition coefficient (Wildman–Crippen LogP) is 3.03. The average Bonchev–Trinajstić information content (AvgIpc) is 2.43. The number of thioether (sulfide) groups is 1. The van der Waals surface area contributed by atoms with Crippen molar-refractivity contribution >= 4 is 33.3 Å². The van der Waals surface area contributed by atoms with Gasteiger partial charge in [-0.2, -0.15) is 0 Å². The Bertz CT molecular complexity index is 448. The maximum absolute atomic E-state index is 4.40. The zero-order valence-electron chi connectivity index (χ0n) is 7.79. The molecule has 0 amide bonds. The highest BCUT2D eigenvalue weighted by Crippen LogP contribution is 2.30. The highest BCUT2D eigenvalue weighted by atomic mass is 32.2. The third kappa shape index (κ3) is 1.56. The van der Waals surface area contributed by atoms with Crippen LogP contribution in [0.15, 0.2) is 11.1 Å². The lowest BCUT2D eigenvalue weighted by Gasteiger charge is -1.98. The molecule has 0 N–H and O–H groups in total. The summed E-state index contributed by atoms with van der Waals surface area (Å²) in [5.41, 5.74) is 1.08. The molecule has 0 saturated heterocycles. The SMILES string of the molecule is CSc1nc(C)nc2cc(C)sc12. The van der Waals surface area contributed by atoms with E-state index in [0.717, 1.165) is 16.4 Å². The molecule has 0 aliphatic heterocycles. The third-order valence-corrected chi connectivity index (χ3v) is 3.63. The highest BCUT2D eigenvalue weighted by Gasteiger charge is 2.07. The van der Waals surface area contributed by atoms with Crippen molar-refractivity contribution < 1.29 is 0 Å². The Hall–Kier alpha value is -0.610. The minimum atomic E-state index is 0.856. The first-order chi connectivity index (χ1) is 6.20. The molecule has 0 fully saturated rings. The first-order valence-corrected chi connectivity index (χ1v) is 6.03. The lowest BCUT2D eigenvalue weighted by atomic mass is 10.4. The van der Waals surface area contributed by atoms with Gasteiger partial charge in [0.25, 0.3) is 0 Å². The van der Waals surface area contributed by atoms with Crippen LogP contribution in [0.5, 0.6) is 0 Å². The van der Waals surface area contributed by atoms with Gasteiger partial charge in [0.1, 0.15) is 10.9 Å². The number of aryl methyl sites for hydroxylation is 2. The van der Waals surface area contributed by atoms with Crippen LogP contribution in [0.3, 0.4) is 0 Å². The molecule has 0 unspecified atom stereocenters. The van der Waals surface area contributed by atoms with Gasteiger partial charge < -0.3 is 0 Å². The van der Waals surface area contributed by atoms with E-state index >= 15 is 0 Å². The second-order valence-electron chi connectivity index (χ2n) is 2.85. The van der Waals surface area contributed by atoms with E-state index < -0.39 is 0 Å². The lowest BCUT2D eigenvalue weighted by Crippen LogP contribution is -1.88. The monoisotopic (exact) mass is 210 g/mol. The van der Waals surface area contributed by atoms with Crippen molar-refractivity contribution in [3.8, 4) is 0 Å². The fraction of sp³-hybridized carbons (Fsp3) is 0.333. The van der Waals surface area contributed by atoms with Gasteiger partial charge >= 0.3 is 0 Å². The lowest BCUT2D eigenvalue weighted by molar-refractivity contribution is 1.02. The second-order valence-corrected chi connectivity index (χ2v) is 4.90. The minimum Gasteiger partial charge on any atom is -0.232 e. The Balaban J connectivity index is 2.80. The Morgan fingerprint density at radius 1 is 1.31 bits per heavy atom. The van der Waals surface area contributed by atoms with E-state index in [1.807, 2.05) is 6.92 Å². The smallest absolute Gasteiger partial charge is 0.127 e. The van der Waals surface area contributed by atoms with Crippen molar-refractivity contribution in [2.24, 2.45) is 0 Å². The summed E-state index contributed by atoms with van der Waals surface area (Å²) >= 11 is 3.45. The van der Waals surface area contributed by atoms with Crippen molar-refractivity contribution in [1.29, 1.82) is 0 Å². The molecule has 2 rings (SSSR count). The topological polar surface area (TPSA) is 25.8 Å². The van der Waals surface area contributed by atoms with Crippen LogP contribution in [0.1, 0.15) is 10.7 Å². The van der Waals surface area contributed by atoms with E-state index in [0.29, 0.717) is 0 Å². The van der Waals surface area contributed by atoms with E-state index in [1.165, 1.54) is 9.58 Å². The molecular formula is C9H10N2S2. The van der Waals surface area contributed by atoms with Gasteiger partial charge in [-0.1, -0.05) is 0 Å². The van der Waals surface area contributed by atoms with Crippen LogP contribution in [0, 0.1) is 13.8 Å². The minimum absolute atomic E-state index is 0.856. The molecule has 0 aliphatic carbocycles. The number of aromatic nitrogens is 2. The highest BCUT2D eigenvalue weighted by molar-refractivity contribution is 7.98. The summed E-state index contributed by atoms with van der Waals surface area (Å²) in [4.78, 5) is 10.1. The Labute approximate surface area is 85.4 Å². The first-order valence-electron chi connectivity index (χ1n) is 3.99. The number of rotatable bonds is 1. The number of hydrogen-bond donors (Lipinski definition) is 0. The predicted molar refractivity (Wildman–Crippen MR) is 58.7 cm³/mol. The van der Waals surface area contributed by atoms with E-state index in [2.05, 4.69) is 29.2 Å². The van der Waals surface area contributed by atoms with Gasteiger partial charge in [0.05, 0.1) is 10.2 Å². The summed E-state index contributed by atoms with van der Waals surface area (Å²) in [6.07, 6.45) is 2.05. The average molecular weight is 210 g/mol. The molecule has 0 aliphatic rings. The second kappa shape index (κ2) is 3.27. The maximum Gasteiger partial charge on any atom is 0.127 e. The van der Waals surface area contributed by atoms with Crippen LogP contribution in [-0.4, -0.2) is 16.2 Å². The quantitative estimate of drug-likeness (QED) is 0.534. The van der Waals surface area contributed by atoms with Crippen LogP contribution in [0.2, 0.25) is 0 Å². The van der Waals surface area contributed by atoms with Gasteiger partial charge in [-0.15, -0.1) is 23.1 Å². The van der Waals surface area contributed by atoms with Gasteiger partial charge in [0.2, 0.25) is 0 Å². The summed E-state index contributed by atoms with van der Waals surface area (Å²) in [6, 6.07) is 2.12. The van der Waals surface area contributed by atoms with Crippen molar-refractivity contribution in [3.63, 3.8) is 0 Å². The normalized spacial score (nSPS) is 11.0. The van der Waals surface area contributed by atoms with E-state index in [-0.39, 0.29) is 0 Å². The van der Waals surface area contributed by atoms with Crippen LogP contribution in [0.25, 0.3) is 10.2 Å². The molecule has 2 nitrogen and oxygen atoms in total. The molecule has 0 saturated carbocycles. The number of fused-ring (bicyclic) bond motifs is 1. The van der Waals surface area contributed by atoms with Crippen molar-refractivity contribution in [3.05, 3.63) is 16.8 Å². The molecule has 0 atom stereocenters. The largest absolute Gasteiger partial charge is 0.232 e. The van der Waals surface area contributed by atoms with Gasteiger partial charge in [-0.05, 0) is 26.2 Å². The third-order valence-electron chi connectivity index (χ3n) is 1.77. The molecular weight excluding hydrogens is 200 g/mol. The molecule has 0 spiro atoms. The van der Waals surface area contributed by atoms with E-state index in [1.54, 1.807) is 23.1 Å². The van der Waals surface area contributed by atoms with Crippen molar-refractivity contribution in [1.82, 2.24) is 9.97 Å². The fourth-order valence-electron chi connectivity index (χ4n) is 1.27. The number of nitrogens with zero attached hydrogens (tertiary/aromatic N) is 2. The molecule has 13 heavy (non-hydrogen) atoms. The van der Waals surface area contributed by atoms with E-state index in [4.69, 9.17) is 0 Å². The summed E-state index contributed by atoms with van der Waals surface area (Å²) in [6.45, 7) is 4.04. The Kier molecular flexibility index (Phi) is 2.26. The summed E-state index contributed by atoms with van der Waals surface area (Å²) in [5, 5.41) is 1.10. The molecule has 0 radical (unpaired) electrons. The molecule has 2 aromatic heterocycles. The maximum atomic E-state index is 4.40. The fourth-order valence-corrected chi connectivity index (χ4v) is 3.00. The molecule has 2 aromatic rings. The van der Waals surface area contributed by atoms with Crippen LogP contribution < -0.4 is 0 Å². The molecule has 0 bridgehead atoms. The van der Waals surface area contributed by atoms with Crippen molar-refractivity contribution in [2.45, 2.75) is 18.9 Å².